The third-order valence-electron chi connectivity index (χ3n) is 3.51. The molecule has 6 nitrogen and oxygen atoms in total. The molecule has 6 heteroatoms. The Balaban J connectivity index is 2.45. The van der Waals surface area contributed by atoms with Gasteiger partial charge in [-0.3, -0.25) is 13.9 Å². The topological polar surface area (TPSA) is 93.8 Å². The summed E-state index contributed by atoms with van der Waals surface area (Å²) in [6, 6.07) is 2.12. The van der Waals surface area contributed by atoms with Crippen molar-refractivity contribution in [1.29, 1.82) is 5.26 Å². The maximum atomic E-state index is 12.1. The Bertz CT molecular complexity index is 616. The van der Waals surface area contributed by atoms with Crippen molar-refractivity contribution in [3.05, 3.63) is 27.0 Å². The van der Waals surface area contributed by atoms with Crippen LogP contribution in [0.15, 0.2) is 15.8 Å². The van der Waals surface area contributed by atoms with Crippen molar-refractivity contribution in [2.24, 2.45) is 5.41 Å². The first-order valence-electron chi connectivity index (χ1n) is 6.00. The minimum Gasteiger partial charge on any atom is -0.393 e. The van der Waals surface area contributed by atoms with Crippen LogP contribution in [0.3, 0.4) is 0 Å². The largest absolute Gasteiger partial charge is 0.393 e. The van der Waals surface area contributed by atoms with Crippen LogP contribution in [0.25, 0.3) is 0 Å². The highest BCUT2D eigenvalue weighted by Gasteiger charge is 2.43. The van der Waals surface area contributed by atoms with Gasteiger partial charge in [-0.05, 0) is 19.8 Å². The second-order valence-corrected chi connectivity index (χ2v) is 4.88. The van der Waals surface area contributed by atoms with Crippen LogP contribution in [0.2, 0.25) is 0 Å². The van der Waals surface area contributed by atoms with Gasteiger partial charge in [0.25, 0.3) is 5.56 Å². The molecule has 1 aromatic rings. The first-order chi connectivity index (χ1) is 8.53. The number of aryl methyl sites for hydroxylation is 1. The van der Waals surface area contributed by atoms with Crippen molar-refractivity contribution in [3.8, 4) is 6.07 Å². The number of rotatable bonds is 4. The lowest BCUT2D eigenvalue weighted by Gasteiger charge is -2.14. The average molecular weight is 248 g/mol. The number of nitrogens with zero attached hydrogens (tertiary/aromatic N) is 3. The fourth-order valence-corrected chi connectivity index (χ4v) is 2.11. The number of aromatic nitrogens is 2. The van der Waals surface area contributed by atoms with E-state index in [1.165, 1.54) is 15.3 Å². The molecule has 2 rings (SSSR count). The van der Waals surface area contributed by atoms with Crippen molar-refractivity contribution in [2.45, 2.75) is 39.3 Å². The van der Waals surface area contributed by atoms with Gasteiger partial charge in [0.1, 0.15) is 5.69 Å². The van der Waals surface area contributed by atoms with Crippen LogP contribution >= 0.6 is 0 Å². The SMILES string of the molecule is CCn1cc(N)c(=O)n(CC2(CC#N)CC2)c1=O. The minimum atomic E-state index is -0.450. The molecule has 0 bridgehead atoms. The van der Waals surface area contributed by atoms with E-state index < -0.39 is 5.56 Å². The van der Waals surface area contributed by atoms with Gasteiger partial charge >= 0.3 is 5.69 Å². The quantitative estimate of drug-likeness (QED) is 0.829. The van der Waals surface area contributed by atoms with Gasteiger partial charge in [-0.2, -0.15) is 5.26 Å². The van der Waals surface area contributed by atoms with Gasteiger partial charge in [0.05, 0.1) is 6.07 Å². The Kier molecular flexibility index (Phi) is 2.99. The van der Waals surface area contributed by atoms with Crippen molar-refractivity contribution < 1.29 is 0 Å². The lowest BCUT2D eigenvalue weighted by Crippen LogP contribution is -2.42. The number of nitriles is 1. The predicted octanol–water partition coefficient (Wildman–Crippen LogP) is 0.306. The number of hydrogen-bond acceptors (Lipinski definition) is 4. The normalized spacial score (nSPS) is 16.2. The Morgan fingerprint density at radius 1 is 1.50 bits per heavy atom. The summed E-state index contributed by atoms with van der Waals surface area (Å²) >= 11 is 0. The average Bonchev–Trinajstić information content (AvgIpc) is 3.10. The van der Waals surface area contributed by atoms with Crippen LogP contribution in [-0.2, 0) is 13.1 Å². The Hall–Kier alpha value is -2.03. The fraction of sp³-hybridized carbons (Fsp3) is 0.583. The zero-order valence-corrected chi connectivity index (χ0v) is 10.3. The highest BCUT2D eigenvalue weighted by Crippen LogP contribution is 2.49. The van der Waals surface area contributed by atoms with E-state index in [9.17, 15) is 9.59 Å². The van der Waals surface area contributed by atoms with Gasteiger partial charge in [0.15, 0.2) is 0 Å². The summed E-state index contributed by atoms with van der Waals surface area (Å²) in [6.45, 7) is 2.58. The summed E-state index contributed by atoms with van der Waals surface area (Å²) < 4.78 is 2.59. The Morgan fingerprint density at radius 2 is 2.17 bits per heavy atom. The van der Waals surface area contributed by atoms with Gasteiger partial charge in [0, 0.05) is 31.1 Å². The summed E-state index contributed by atoms with van der Waals surface area (Å²) in [5, 5.41) is 8.77. The first kappa shape index (κ1) is 12.4. The van der Waals surface area contributed by atoms with Crippen molar-refractivity contribution in [1.82, 2.24) is 9.13 Å². The molecule has 0 spiro atoms. The van der Waals surface area contributed by atoms with Gasteiger partial charge in [-0.25, -0.2) is 4.79 Å². The van der Waals surface area contributed by atoms with Crippen LogP contribution in [0.4, 0.5) is 5.69 Å². The van der Waals surface area contributed by atoms with Gasteiger partial charge < -0.3 is 5.73 Å². The monoisotopic (exact) mass is 248 g/mol. The molecule has 1 saturated carbocycles. The molecule has 0 atom stereocenters. The number of nitrogens with two attached hydrogens (primary N) is 1. The van der Waals surface area contributed by atoms with Crippen molar-refractivity contribution >= 4 is 5.69 Å². The maximum absolute atomic E-state index is 12.1. The van der Waals surface area contributed by atoms with E-state index in [4.69, 9.17) is 11.0 Å². The third-order valence-corrected chi connectivity index (χ3v) is 3.51. The highest BCUT2D eigenvalue weighted by molar-refractivity contribution is 5.31. The molecule has 1 aliphatic rings. The number of anilines is 1. The molecule has 0 aliphatic heterocycles. The van der Waals surface area contributed by atoms with E-state index in [1.807, 2.05) is 6.92 Å². The second-order valence-electron chi connectivity index (χ2n) is 4.88. The number of nitrogen functional groups attached to an aromatic ring is 1. The van der Waals surface area contributed by atoms with Gasteiger partial charge in [-0.15, -0.1) is 0 Å². The predicted molar refractivity (Wildman–Crippen MR) is 66.9 cm³/mol. The van der Waals surface area contributed by atoms with E-state index in [0.717, 1.165) is 12.8 Å². The molecule has 0 amide bonds. The Labute approximate surface area is 104 Å². The molecule has 2 N–H and O–H groups in total. The van der Waals surface area contributed by atoms with E-state index in [2.05, 4.69) is 6.07 Å². The van der Waals surface area contributed by atoms with Crippen LogP contribution in [0.5, 0.6) is 0 Å². The van der Waals surface area contributed by atoms with Crippen molar-refractivity contribution in [3.63, 3.8) is 0 Å². The lowest BCUT2D eigenvalue weighted by atomic mass is 10.0. The molecule has 1 heterocycles. The molecular weight excluding hydrogens is 232 g/mol. The van der Waals surface area contributed by atoms with Gasteiger partial charge in [-0.1, -0.05) is 0 Å². The molecule has 1 fully saturated rings. The summed E-state index contributed by atoms with van der Waals surface area (Å²) in [5.74, 6) is 0. The molecule has 0 aromatic carbocycles. The van der Waals surface area contributed by atoms with E-state index in [-0.39, 0.29) is 16.8 Å². The third kappa shape index (κ3) is 2.04. The van der Waals surface area contributed by atoms with Crippen LogP contribution in [0, 0.1) is 16.7 Å². The fourth-order valence-electron chi connectivity index (χ4n) is 2.11. The molecule has 0 unspecified atom stereocenters. The standard InChI is InChI=1S/C12H16N4O2/c1-2-15-7-9(14)10(17)16(11(15)18)8-12(3-4-12)5-6-13/h7H,2-5,8,14H2,1H3. The molecule has 0 saturated heterocycles. The van der Waals surface area contributed by atoms with Crippen LogP contribution in [-0.4, -0.2) is 9.13 Å². The van der Waals surface area contributed by atoms with Gasteiger partial charge in [0.2, 0.25) is 0 Å². The number of hydrogen-bond donors (Lipinski definition) is 1. The van der Waals surface area contributed by atoms with Crippen LogP contribution in [0.1, 0.15) is 26.2 Å². The zero-order chi connectivity index (χ0) is 13.3. The minimum absolute atomic E-state index is 0.0733. The zero-order valence-electron chi connectivity index (χ0n) is 10.3. The summed E-state index contributed by atoms with van der Waals surface area (Å²) in [6.07, 6.45) is 3.52. The molecule has 18 heavy (non-hydrogen) atoms. The first-order valence-corrected chi connectivity index (χ1v) is 6.00. The molecule has 1 aromatic heterocycles. The van der Waals surface area contributed by atoms with E-state index in [1.54, 1.807) is 0 Å². The van der Waals surface area contributed by atoms with E-state index in [0.29, 0.717) is 19.5 Å². The molecular formula is C12H16N4O2. The second kappa shape index (κ2) is 4.33. The van der Waals surface area contributed by atoms with E-state index >= 15 is 0 Å². The van der Waals surface area contributed by atoms with Crippen molar-refractivity contribution in [2.75, 3.05) is 5.73 Å². The summed E-state index contributed by atoms with van der Waals surface area (Å²) in [5.41, 5.74) is 4.70. The summed E-state index contributed by atoms with van der Waals surface area (Å²) in [4.78, 5) is 24.0. The lowest BCUT2D eigenvalue weighted by molar-refractivity contribution is 0.402. The molecule has 96 valence electrons. The maximum Gasteiger partial charge on any atom is 0.331 e. The Morgan fingerprint density at radius 3 is 2.67 bits per heavy atom. The smallest absolute Gasteiger partial charge is 0.331 e. The van der Waals surface area contributed by atoms with Crippen LogP contribution < -0.4 is 17.0 Å². The summed E-state index contributed by atoms with van der Waals surface area (Å²) in [7, 11) is 0. The molecule has 1 aliphatic carbocycles. The molecule has 0 radical (unpaired) electrons. The highest BCUT2D eigenvalue weighted by atomic mass is 16.2.